The van der Waals surface area contributed by atoms with Crippen LogP contribution in [0.2, 0.25) is 0 Å². The average molecular weight is 327 g/mol. The lowest BCUT2D eigenvalue weighted by molar-refractivity contribution is 0.256. The largest absolute Gasteiger partial charge is 0.310 e. The molecule has 1 atom stereocenters. The average Bonchev–Trinajstić information content (AvgIpc) is 2.39. The first-order valence-corrected chi connectivity index (χ1v) is 8.03. The lowest BCUT2D eigenvalue weighted by Gasteiger charge is -2.25. The fourth-order valence-electron chi connectivity index (χ4n) is 1.99. The first kappa shape index (κ1) is 16.7. The molecule has 0 aromatic heterocycles. The Bertz CT molecular complexity index is 348. The van der Waals surface area contributed by atoms with Crippen LogP contribution in [0, 0.1) is 0 Å². The number of nitrogens with one attached hydrogen (secondary N) is 1. The molecule has 1 aromatic rings. The lowest BCUT2D eigenvalue weighted by atomic mass is 10.0. The van der Waals surface area contributed by atoms with Gasteiger partial charge in [-0.05, 0) is 64.5 Å². The van der Waals surface area contributed by atoms with Gasteiger partial charge in [0, 0.05) is 16.6 Å². The van der Waals surface area contributed by atoms with Crippen LogP contribution < -0.4 is 5.32 Å². The predicted octanol–water partition coefficient (Wildman–Crippen LogP) is 4.22. The fourth-order valence-corrected chi connectivity index (χ4v) is 2.26. The second kappa shape index (κ2) is 8.72. The number of rotatable bonds is 8. The van der Waals surface area contributed by atoms with Crippen molar-refractivity contribution in [3.63, 3.8) is 0 Å². The Morgan fingerprint density at radius 2 is 1.84 bits per heavy atom. The Balaban J connectivity index is 2.63. The molecule has 19 heavy (non-hydrogen) atoms. The van der Waals surface area contributed by atoms with E-state index < -0.39 is 0 Å². The Hall–Kier alpha value is -0.380. The Morgan fingerprint density at radius 1 is 1.21 bits per heavy atom. The van der Waals surface area contributed by atoms with Crippen molar-refractivity contribution >= 4 is 15.9 Å². The van der Waals surface area contributed by atoms with Gasteiger partial charge in [0.2, 0.25) is 0 Å². The number of hydrogen-bond acceptors (Lipinski definition) is 2. The number of hydrogen-bond donors (Lipinski definition) is 1. The monoisotopic (exact) mass is 326 g/mol. The number of nitrogens with zero attached hydrogens (tertiary/aromatic N) is 1. The van der Waals surface area contributed by atoms with E-state index in [9.17, 15) is 0 Å². The smallest absolute Gasteiger partial charge is 0.0332 e. The summed E-state index contributed by atoms with van der Waals surface area (Å²) in [6.07, 6.45) is 2.32. The molecule has 0 saturated carbocycles. The van der Waals surface area contributed by atoms with Crippen molar-refractivity contribution in [3.05, 3.63) is 34.3 Å². The zero-order valence-corrected chi connectivity index (χ0v) is 14.2. The zero-order valence-electron chi connectivity index (χ0n) is 12.6. The topological polar surface area (TPSA) is 15.3 Å². The summed E-state index contributed by atoms with van der Waals surface area (Å²) >= 11 is 3.50. The first-order chi connectivity index (χ1) is 9.04. The van der Waals surface area contributed by atoms with Gasteiger partial charge in [-0.15, -0.1) is 0 Å². The van der Waals surface area contributed by atoms with Crippen LogP contribution in [0.3, 0.4) is 0 Å². The molecule has 3 heteroatoms. The van der Waals surface area contributed by atoms with E-state index in [0.29, 0.717) is 12.1 Å². The second-order valence-corrected chi connectivity index (χ2v) is 6.34. The Kier molecular flexibility index (Phi) is 7.66. The van der Waals surface area contributed by atoms with Crippen molar-refractivity contribution in [2.75, 3.05) is 20.1 Å². The van der Waals surface area contributed by atoms with E-state index in [4.69, 9.17) is 0 Å². The molecule has 0 radical (unpaired) electrons. The van der Waals surface area contributed by atoms with E-state index in [1.807, 2.05) is 0 Å². The van der Waals surface area contributed by atoms with Crippen LogP contribution in [0.4, 0.5) is 0 Å². The molecule has 0 bridgehead atoms. The van der Waals surface area contributed by atoms with Crippen molar-refractivity contribution in [2.45, 2.75) is 45.7 Å². The highest BCUT2D eigenvalue weighted by molar-refractivity contribution is 9.10. The molecule has 0 heterocycles. The number of benzene rings is 1. The molecule has 0 aliphatic heterocycles. The maximum absolute atomic E-state index is 3.66. The quantitative estimate of drug-likeness (QED) is 0.769. The standard InChI is InChI=1S/C16H27BrN2/c1-5-11-18-16(10-12-19(4)13(2)3)14-6-8-15(17)9-7-14/h6-9,13,16,18H,5,10-12H2,1-4H3. The van der Waals surface area contributed by atoms with Gasteiger partial charge < -0.3 is 10.2 Å². The first-order valence-electron chi connectivity index (χ1n) is 7.23. The summed E-state index contributed by atoms with van der Waals surface area (Å²) in [4.78, 5) is 2.40. The third kappa shape index (κ3) is 6.07. The molecule has 1 N–H and O–H groups in total. The highest BCUT2D eigenvalue weighted by Crippen LogP contribution is 2.20. The molecule has 1 unspecified atom stereocenters. The van der Waals surface area contributed by atoms with Crippen LogP contribution in [0.5, 0.6) is 0 Å². The van der Waals surface area contributed by atoms with E-state index in [-0.39, 0.29) is 0 Å². The summed E-state index contributed by atoms with van der Waals surface area (Å²) in [7, 11) is 2.20. The molecule has 1 rings (SSSR count). The third-order valence-corrected chi connectivity index (χ3v) is 4.09. The predicted molar refractivity (Wildman–Crippen MR) is 87.6 cm³/mol. The minimum Gasteiger partial charge on any atom is -0.310 e. The summed E-state index contributed by atoms with van der Waals surface area (Å²) < 4.78 is 1.14. The van der Waals surface area contributed by atoms with Gasteiger partial charge in [0.05, 0.1) is 0 Å². The van der Waals surface area contributed by atoms with Crippen LogP contribution in [0.15, 0.2) is 28.7 Å². The van der Waals surface area contributed by atoms with Gasteiger partial charge in [0.25, 0.3) is 0 Å². The molecule has 0 aliphatic rings. The van der Waals surface area contributed by atoms with Gasteiger partial charge in [0.15, 0.2) is 0 Å². The van der Waals surface area contributed by atoms with Gasteiger partial charge >= 0.3 is 0 Å². The Labute approximate surface area is 126 Å². The van der Waals surface area contributed by atoms with Crippen LogP contribution in [0.1, 0.15) is 45.2 Å². The van der Waals surface area contributed by atoms with E-state index in [0.717, 1.165) is 24.0 Å². The molecule has 0 spiro atoms. The highest BCUT2D eigenvalue weighted by atomic mass is 79.9. The van der Waals surface area contributed by atoms with Gasteiger partial charge in [-0.25, -0.2) is 0 Å². The fraction of sp³-hybridized carbons (Fsp3) is 0.625. The third-order valence-electron chi connectivity index (χ3n) is 3.57. The summed E-state index contributed by atoms with van der Waals surface area (Å²) in [5, 5.41) is 3.66. The molecule has 108 valence electrons. The molecule has 0 saturated heterocycles. The summed E-state index contributed by atoms with van der Waals surface area (Å²) in [5.41, 5.74) is 1.38. The van der Waals surface area contributed by atoms with Crippen LogP contribution in [-0.4, -0.2) is 31.1 Å². The SMILES string of the molecule is CCCNC(CCN(C)C(C)C)c1ccc(Br)cc1. The summed E-state index contributed by atoms with van der Waals surface area (Å²) in [6, 6.07) is 9.75. The van der Waals surface area contributed by atoms with Gasteiger partial charge in [0.1, 0.15) is 0 Å². The highest BCUT2D eigenvalue weighted by Gasteiger charge is 2.12. The van der Waals surface area contributed by atoms with E-state index >= 15 is 0 Å². The van der Waals surface area contributed by atoms with Gasteiger partial charge in [-0.1, -0.05) is 35.0 Å². The molecule has 0 aliphatic carbocycles. The van der Waals surface area contributed by atoms with Gasteiger partial charge in [-0.2, -0.15) is 0 Å². The second-order valence-electron chi connectivity index (χ2n) is 5.42. The van der Waals surface area contributed by atoms with Gasteiger partial charge in [-0.3, -0.25) is 0 Å². The number of halogens is 1. The maximum atomic E-state index is 3.66. The van der Waals surface area contributed by atoms with E-state index in [1.54, 1.807) is 0 Å². The van der Waals surface area contributed by atoms with Crippen LogP contribution in [-0.2, 0) is 0 Å². The van der Waals surface area contributed by atoms with Crippen molar-refractivity contribution in [1.82, 2.24) is 10.2 Å². The minimum atomic E-state index is 0.453. The zero-order chi connectivity index (χ0) is 14.3. The minimum absolute atomic E-state index is 0.453. The van der Waals surface area contributed by atoms with Crippen molar-refractivity contribution in [1.29, 1.82) is 0 Å². The van der Waals surface area contributed by atoms with Crippen molar-refractivity contribution in [3.8, 4) is 0 Å². The molecular weight excluding hydrogens is 300 g/mol. The van der Waals surface area contributed by atoms with Crippen molar-refractivity contribution in [2.24, 2.45) is 0 Å². The van der Waals surface area contributed by atoms with E-state index in [2.05, 4.69) is 78.2 Å². The normalized spacial score (nSPS) is 13.2. The summed E-state index contributed by atoms with van der Waals surface area (Å²) in [5.74, 6) is 0. The molecular formula is C16H27BrN2. The summed E-state index contributed by atoms with van der Waals surface area (Å²) in [6.45, 7) is 8.90. The van der Waals surface area contributed by atoms with Crippen LogP contribution in [0.25, 0.3) is 0 Å². The molecule has 0 amide bonds. The molecule has 1 aromatic carbocycles. The van der Waals surface area contributed by atoms with E-state index in [1.165, 1.54) is 12.0 Å². The molecule has 2 nitrogen and oxygen atoms in total. The maximum Gasteiger partial charge on any atom is 0.0332 e. The lowest BCUT2D eigenvalue weighted by Crippen LogP contribution is -2.31. The Morgan fingerprint density at radius 3 is 2.37 bits per heavy atom. The molecule has 0 fully saturated rings. The van der Waals surface area contributed by atoms with Crippen LogP contribution >= 0.6 is 15.9 Å². The van der Waals surface area contributed by atoms with Crippen molar-refractivity contribution < 1.29 is 0 Å².